The van der Waals surface area contributed by atoms with Crippen LogP contribution in [0.1, 0.15) is 239 Å². The quantitative estimate of drug-likeness (QED) is 0.0265. The Morgan fingerprint density at radius 1 is 0.484 bits per heavy atom. The first-order chi connectivity index (χ1) is 30.3. The molecule has 10 heteroatoms. The fraction of sp³-hybridized carbons (Fsp3) is 0.808. The highest BCUT2D eigenvalue weighted by Gasteiger charge is 2.26. The fourth-order valence-electron chi connectivity index (χ4n) is 7.11. The molecule has 362 valence electrons. The molecule has 3 N–H and O–H groups in total. The van der Waals surface area contributed by atoms with Crippen LogP contribution in [0.5, 0.6) is 0 Å². The minimum Gasteiger partial charge on any atom is -0.462 e. The van der Waals surface area contributed by atoms with E-state index in [0.717, 1.165) is 64.2 Å². The molecular weight excluding hydrogens is 798 g/mol. The second kappa shape index (κ2) is 48.4. The molecule has 0 spiro atoms. The van der Waals surface area contributed by atoms with Gasteiger partial charge in [0.1, 0.15) is 6.61 Å². The number of phosphoric ester groups is 1. The summed E-state index contributed by atoms with van der Waals surface area (Å²) < 4.78 is 32.9. The maximum absolute atomic E-state index is 12.7. The van der Waals surface area contributed by atoms with Crippen molar-refractivity contribution < 1.29 is 37.6 Å². The van der Waals surface area contributed by atoms with E-state index in [1.807, 2.05) is 0 Å². The molecule has 0 aliphatic heterocycles. The van der Waals surface area contributed by atoms with Gasteiger partial charge in [0.2, 0.25) is 0 Å². The van der Waals surface area contributed by atoms with Crippen LogP contribution in [0.2, 0.25) is 0 Å². The highest BCUT2D eigenvalue weighted by Crippen LogP contribution is 2.43. The minimum atomic E-state index is -4.39. The third-order valence-electron chi connectivity index (χ3n) is 10.9. The topological polar surface area (TPSA) is 134 Å². The maximum Gasteiger partial charge on any atom is 0.472 e. The highest BCUT2D eigenvalue weighted by atomic mass is 31.2. The van der Waals surface area contributed by atoms with E-state index < -0.39 is 32.5 Å². The Balaban J connectivity index is 4.03. The first-order valence-electron chi connectivity index (χ1n) is 25.6. The molecule has 0 bridgehead atoms. The molecular formula is C52H96NO8P. The van der Waals surface area contributed by atoms with Gasteiger partial charge in [0, 0.05) is 19.4 Å². The van der Waals surface area contributed by atoms with Crippen LogP contribution in [0.4, 0.5) is 0 Å². The highest BCUT2D eigenvalue weighted by molar-refractivity contribution is 7.47. The van der Waals surface area contributed by atoms with Gasteiger partial charge in [-0.2, -0.15) is 0 Å². The summed E-state index contributed by atoms with van der Waals surface area (Å²) in [5.74, 6) is -0.840. The van der Waals surface area contributed by atoms with Crippen molar-refractivity contribution in [3.05, 3.63) is 48.6 Å². The second-order valence-corrected chi connectivity index (χ2v) is 18.5. The Labute approximate surface area is 381 Å². The number of phosphoric acid groups is 1. The standard InChI is InChI=1S/C52H96NO8P/c1-3-5-7-9-11-13-15-17-19-21-22-23-24-25-26-27-28-29-31-33-35-37-39-41-43-45-52(55)61-50(49-60-62(56,57)59-47-46-53)48-58-51(54)44-42-40-38-36-34-32-30-20-18-16-14-12-10-8-6-4-2/h14-17,20-22,30,50H,3-13,18-19,23-29,31-49,53H2,1-2H3,(H,56,57)/b16-14-,17-15-,22-21-,30-20-. The molecule has 9 nitrogen and oxygen atoms in total. The van der Waals surface area contributed by atoms with Crippen LogP contribution in [0.15, 0.2) is 48.6 Å². The van der Waals surface area contributed by atoms with Gasteiger partial charge in [-0.05, 0) is 77.0 Å². The van der Waals surface area contributed by atoms with Gasteiger partial charge < -0.3 is 20.1 Å². The number of unbranched alkanes of at least 4 members (excludes halogenated alkanes) is 27. The van der Waals surface area contributed by atoms with Crippen LogP contribution in [-0.2, 0) is 32.7 Å². The molecule has 0 aliphatic rings. The van der Waals surface area contributed by atoms with E-state index in [0.29, 0.717) is 12.8 Å². The first-order valence-corrected chi connectivity index (χ1v) is 27.1. The van der Waals surface area contributed by atoms with Crippen LogP contribution in [0.3, 0.4) is 0 Å². The van der Waals surface area contributed by atoms with Crippen molar-refractivity contribution in [3.63, 3.8) is 0 Å². The molecule has 0 aromatic heterocycles. The zero-order chi connectivity index (χ0) is 45.3. The van der Waals surface area contributed by atoms with Gasteiger partial charge in [0.25, 0.3) is 0 Å². The van der Waals surface area contributed by atoms with Crippen LogP contribution >= 0.6 is 7.82 Å². The first kappa shape index (κ1) is 60.0. The Hall–Kier alpha value is -2.03. The van der Waals surface area contributed by atoms with Crippen molar-refractivity contribution in [2.24, 2.45) is 5.73 Å². The predicted molar refractivity (Wildman–Crippen MR) is 261 cm³/mol. The molecule has 0 amide bonds. The molecule has 0 radical (unpaired) electrons. The van der Waals surface area contributed by atoms with Gasteiger partial charge in [-0.1, -0.05) is 197 Å². The van der Waals surface area contributed by atoms with Crippen molar-refractivity contribution in [3.8, 4) is 0 Å². The normalized spacial score (nSPS) is 13.5. The SMILES string of the molecule is CCCCCC/C=C\C/C=C\CCCCCCCC(=O)OCC(COP(=O)(O)OCCN)OC(=O)CCCCCCCCCCCCCCC/C=C\C/C=C\CCCCCCC. The molecule has 0 aromatic rings. The third-order valence-corrected chi connectivity index (χ3v) is 11.9. The Kier molecular flexibility index (Phi) is 46.8. The third kappa shape index (κ3) is 47.4. The zero-order valence-electron chi connectivity index (χ0n) is 40.1. The van der Waals surface area contributed by atoms with Crippen LogP contribution in [-0.4, -0.2) is 49.3 Å². The lowest BCUT2D eigenvalue weighted by atomic mass is 10.0. The molecule has 0 aliphatic carbocycles. The molecule has 0 saturated carbocycles. The van der Waals surface area contributed by atoms with Gasteiger partial charge in [-0.15, -0.1) is 0 Å². The van der Waals surface area contributed by atoms with Gasteiger partial charge in [-0.25, -0.2) is 4.57 Å². The number of esters is 2. The summed E-state index contributed by atoms with van der Waals surface area (Å²) in [5, 5.41) is 0. The number of ether oxygens (including phenoxy) is 2. The summed E-state index contributed by atoms with van der Waals surface area (Å²) in [5.41, 5.74) is 5.36. The molecule has 0 fully saturated rings. The van der Waals surface area contributed by atoms with Gasteiger partial charge in [0.15, 0.2) is 6.10 Å². The summed E-state index contributed by atoms with van der Waals surface area (Å²) in [6, 6.07) is 0. The van der Waals surface area contributed by atoms with Crippen LogP contribution < -0.4 is 5.73 Å². The zero-order valence-corrected chi connectivity index (χ0v) is 41.0. The summed E-state index contributed by atoms with van der Waals surface area (Å²) in [7, 11) is -4.39. The van der Waals surface area contributed by atoms with Crippen molar-refractivity contribution in [2.45, 2.75) is 245 Å². The number of allylic oxidation sites excluding steroid dienone is 8. The van der Waals surface area contributed by atoms with Gasteiger partial charge in [0.05, 0.1) is 13.2 Å². The molecule has 2 atom stereocenters. The lowest BCUT2D eigenvalue weighted by Gasteiger charge is -2.19. The lowest BCUT2D eigenvalue weighted by Crippen LogP contribution is -2.29. The number of carbonyl (C=O) groups is 2. The van der Waals surface area contributed by atoms with Crippen molar-refractivity contribution in [2.75, 3.05) is 26.4 Å². The average molecular weight is 894 g/mol. The number of hydrogen-bond donors (Lipinski definition) is 2. The van der Waals surface area contributed by atoms with E-state index in [1.54, 1.807) is 0 Å². The average Bonchev–Trinajstić information content (AvgIpc) is 3.26. The number of hydrogen-bond acceptors (Lipinski definition) is 8. The molecule has 0 aromatic carbocycles. The molecule has 2 unspecified atom stereocenters. The summed E-state index contributed by atoms with van der Waals surface area (Å²) in [6.07, 6.45) is 57.2. The van der Waals surface area contributed by atoms with E-state index >= 15 is 0 Å². The second-order valence-electron chi connectivity index (χ2n) is 17.0. The van der Waals surface area contributed by atoms with Crippen molar-refractivity contribution in [1.82, 2.24) is 0 Å². The van der Waals surface area contributed by atoms with E-state index in [4.69, 9.17) is 24.3 Å². The summed E-state index contributed by atoms with van der Waals surface area (Å²) in [4.78, 5) is 35.0. The minimum absolute atomic E-state index is 0.0506. The monoisotopic (exact) mass is 894 g/mol. The molecule has 0 saturated heterocycles. The summed E-state index contributed by atoms with van der Waals surface area (Å²) in [6.45, 7) is 3.71. The number of nitrogens with two attached hydrogens (primary N) is 1. The Morgan fingerprint density at radius 3 is 1.24 bits per heavy atom. The lowest BCUT2D eigenvalue weighted by molar-refractivity contribution is -0.161. The number of rotatable bonds is 48. The van der Waals surface area contributed by atoms with Crippen molar-refractivity contribution in [1.29, 1.82) is 0 Å². The Bertz CT molecular complexity index is 1160. The molecule has 0 rings (SSSR count). The maximum atomic E-state index is 12.7. The number of carbonyl (C=O) groups excluding carboxylic acids is 2. The molecule has 0 heterocycles. The summed E-state index contributed by atoms with van der Waals surface area (Å²) >= 11 is 0. The van der Waals surface area contributed by atoms with Gasteiger partial charge in [-0.3, -0.25) is 18.6 Å². The van der Waals surface area contributed by atoms with E-state index in [-0.39, 0.29) is 32.6 Å². The van der Waals surface area contributed by atoms with E-state index in [9.17, 15) is 19.0 Å². The fourth-order valence-corrected chi connectivity index (χ4v) is 7.87. The van der Waals surface area contributed by atoms with Gasteiger partial charge >= 0.3 is 19.8 Å². The van der Waals surface area contributed by atoms with Crippen LogP contribution in [0.25, 0.3) is 0 Å². The van der Waals surface area contributed by atoms with E-state index in [1.165, 1.54) is 135 Å². The van der Waals surface area contributed by atoms with Crippen LogP contribution in [0, 0.1) is 0 Å². The molecule has 62 heavy (non-hydrogen) atoms. The predicted octanol–water partition coefficient (Wildman–Crippen LogP) is 15.5. The van der Waals surface area contributed by atoms with E-state index in [2.05, 4.69) is 62.5 Å². The largest absolute Gasteiger partial charge is 0.472 e. The smallest absolute Gasteiger partial charge is 0.462 e. The Morgan fingerprint density at radius 2 is 0.839 bits per heavy atom. The van der Waals surface area contributed by atoms with Crippen molar-refractivity contribution >= 4 is 19.8 Å².